The van der Waals surface area contributed by atoms with Crippen LogP contribution in [0.25, 0.3) is 0 Å². The number of carboxylic acids is 2. The third-order valence-electron chi connectivity index (χ3n) is 1.40. The summed E-state index contributed by atoms with van der Waals surface area (Å²) in [6.45, 7) is 5.88. The molecule has 0 aliphatic carbocycles. The van der Waals surface area contributed by atoms with Crippen molar-refractivity contribution in [2.75, 3.05) is 0 Å². The lowest BCUT2D eigenvalue weighted by Gasteiger charge is -1.97. The van der Waals surface area contributed by atoms with Crippen LogP contribution in [-0.2, 0) is 9.59 Å². The van der Waals surface area contributed by atoms with Crippen LogP contribution < -0.4 is 0 Å². The van der Waals surface area contributed by atoms with E-state index in [1.165, 1.54) is 0 Å². The first-order chi connectivity index (χ1) is 6.40. The van der Waals surface area contributed by atoms with Crippen LogP contribution in [0.5, 0.6) is 0 Å². The van der Waals surface area contributed by atoms with Crippen molar-refractivity contribution in [3.8, 4) is 0 Å². The minimum atomic E-state index is -0.711. The lowest BCUT2D eigenvalue weighted by atomic mass is 10.1. The van der Waals surface area contributed by atoms with Crippen LogP contribution in [0.2, 0.25) is 0 Å². The van der Waals surface area contributed by atoms with Gasteiger partial charge in [0.05, 0.1) is 0 Å². The highest BCUT2D eigenvalue weighted by Crippen LogP contribution is 2.01. The van der Waals surface area contributed by atoms with Gasteiger partial charge in [0.25, 0.3) is 0 Å². The number of hydrogen-bond acceptors (Lipinski definition) is 2. The first-order valence-corrected chi connectivity index (χ1v) is 4.83. The summed E-state index contributed by atoms with van der Waals surface area (Å²) in [5, 5.41) is 16.1. The van der Waals surface area contributed by atoms with Crippen molar-refractivity contribution in [3.63, 3.8) is 0 Å². The topological polar surface area (TPSA) is 74.6 Å². The molecule has 0 amide bonds. The van der Waals surface area contributed by atoms with Gasteiger partial charge in [-0.15, -0.1) is 0 Å². The molecule has 84 valence electrons. The van der Waals surface area contributed by atoms with E-state index in [0.717, 1.165) is 12.8 Å². The fourth-order valence-electron chi connectivity index (χ4n) is 0.626. The number of carboxylic acid groups (broad SMARTS) is 2. The van der Waals surface area contributed by atoms with E-state index in [4.69, 9.17) is 10.2 Å². The first-order valence-electron chi connectivity index (χ1n) is 4.83. The molecule has 0 aromatic carbocycles. The Kier molecular flexibility index (Phi) is 11.0. The Labute approximate surface area is 84.9 Å². The molecule has 0 saturated heterocycles. The molecule has 0 heterocycles. The first kappa shape index (κ1) is 15.4. The number of carbonyl (C=O) groups is 2. The van der Waals surface area contributed by atoms with E-state index in [-0.39, 0.29) is 0 Å². The van der Waals surface area contributed by atoms with Gasteiger partial charge in [0.15, 0.2) is 0 Å². The molecule has 0 saturated carbocycles. The second-order valence-corrected chi connectivity index (χ2v) is 3.47. The quantitative estimate of drug-likeness (QED) is 0.721. The van der Waals surface area contributed by atoms with Crippen LogP contribution in [0.15, 0.2) is 0 Å². The van der Waals surface area contributed by atoms with Gasteiger partial charge in [-0.2, -0.15) is 0 Å². The molecule has 0 aromatic heterocycles. The highest BCUT2D eigenvalue weighted by atomic mass is 16.4. The minimum absolute atomic E-state index is 0.292. The van der Waals surface area contributed by atoms with E-state index in [1.54, 1.807) is 0 Å². The zero-order chi connectivity index (χ0) is 11.6. The molecule has 0 spiro atoms. The maximum atomic E-state index is 9.90. The van der Waals surface area contributed by atoms with E-state index in [9.17, 15) is 9.59 Å². The van der Waals surface area contributed by atoms with Gasteiger partial charge in [0.1, 0.15) is 0 Å². The van der Waals surface area contributed by atoms with Gasteiger partial charge in [-0.1, -0.05) is 20.8 Å². The predicted molar refractivity (Wildman–Crippen MR) is 54.3 cm³/mol. The van der Waals surface area contributed by atoms with Crippen molar-refractivity contribution >= 4 is 11.9 Å². The van der Waals surface area contributed by atoms with Crippen molar-refractivity contribution in [2.24, 2.45) is 5.92 Å². The normalized spacial score (nSPS) is 9.14. The van der Waals surface area contributed by atoms with Gasteiger partial charge in [0.2, 0.25) is 0 Å². The van der Waals surface area contributed by atoms with Gasteiger partial charge in [0, 0.05) is 12.8 Å². The Balaban J connectivity index is 0. The summed E-state index contributed by atoms with van der Waals surface area (Å²) >= 11 is 0. The molecule has 0 radical (unpaired) electrons. The minimum Gasteiger partial charge on any atom is -0.481 e. The third-order valence-corrected chi connectivity index (χ3v) is 1.40. The standard InChI is InChI=1S/C6H12O2.C4H8O2/c1-5(2)3-4-6(7)8;1-2-3-4(5)6/h5H,3-4H2,1-2H3,(H,7,8);2-3H2,1H3,(H,5,6). The largest absolute Gasteiger partial charge is 0.481 e. The molecule has 0 bridgehead atoms. The Morgan fingerprint density at radius 2 is 1.50 bits per heavy atom. The van der Waals surface area contributed by atoms with E-state index in [1.807, 2.05) is 20.8 Å². The summed E-state index contributed by atoms with van der Waals surface area (Å²) in [5.41, 5.74) is 0. The molecule has 0 aliphatic heterocycles. The molecule has 0 atom stereocenters. The Morgan fingerprint density at radius 1 is 1.07 bits per heavy atom. The monoisotopic (exact) mass is 204 g/mol. The molecular weight excluding hydrogens is 184 g/mol. The van der Waals surface area contributed by atoms with Gasteiger partial charge in [-0.05, 0) is 18.8 Å². The summed E-state index contributed by atoms with van der Waals surface area (Å²) < 4.78 is 0. The second kappa shape index (κ2) is 10.0. The third kappa shape index (κ3) is 22.4. The second-order valence-electron chi connectivity index (χ2n) is 3.47. The van der Waals surface area contributed by atoms with E-state index in [0.29, 0.717) is 18.8 Å². The van der Waals surface area contributed by atoms with Crippen molar-refractivity contribution in [1.29, 1.82) is 0 Å². The molecule has 4 heteroatoms. The van der Waals surface area contributed by atoms with Gasteiger partial charge < -0.3 is 10.2 Å². The summed E-state index contributed by atoms with van der Waals surface area (Å²) in [6.07, 6.45) is 2.11. The van der Waals surface area contributed by atoms with Crippen molar-refractivity contribution in [3.05, 3.63) is 0 Å². The van der Waals surface area contributed by atoms with Gasteiger partial charge in [-0.25, -0.2) is 0 Å². The van der Waals surface area contributed by atoms with E-state index >= 15 is 0 Å². The average molecular weight is 204 g/mol. The lowest BCUT2D eigenvalue weighted by Crippen LogP contribution is -1.97. The van der Waals surface area contributed by atoms with Crippen molar-refractivity contribution in [2.45, 2.75) is 46.5 Å². The van der Waals surface area contributed by atoms with E-state index in [2.05, 4.69) is 0 Å². The van der Waals surface area contributed by atoms with E-state index < -0.39 is 11.9 Å². The predicted octanol–water partition coefficient (Wildman–Crippen LogP) is 2.38. The summed E-state index contributed by atoms with van der Waals surface area (Å²) in [7, 11) is 0. The fraction of sp³-hybridized carbons (Fsp3) is 0.800. The highest BCUT2D eigenvalue weighted by molar-refractivity contribution is 5.66. The Bertz CT molecular complexity index is 164. The smallest absolute Gasteiger partial charge is 0.303 e. The molecule has 0 fully saturated rings. The van der Waals surface area contributed by atoms with Crippen molar-refractivity contribution < 1.29 is 19.8 Å². The summed E-state index contributed by atoms with van der Waals surface area (Å²) in [5.74, 6) is -0.901. The van der Waals surface area contributed by atoms with Crippen LogP contribution in [0.4, 0.5) is 0 Å². The molecular formula is C10H20O4. The molecule has 0 unspecified atom stereocenters. The average Bonchev–Trinajstić information content (AvgIpc) is 2.01. The molecule has 4 nitrogen and oxygen atoms in total. The van der Waals surface area contributed by atoms with Gasteiger partial charge in [-0.3, -0.25) is 9.59 Å². The van der Waals surface area contributed by atoms with Crippen LogP contribution in [0.3, 0.4) is 0 Å². The Hall–Kier alpha value is -1.06. The molecule has 2 N–H and O–H groups in total. The maximum Gasteiger partial charge on any atom is 0.303 e. The zero-order valence-electron chi connectivity index (χ0n) is 9.12. The van der Waals surface area contributed by atoms with Crippen LogP contribution >= 0.6 is 0 Å². The highest BCUT2D eigenvalue weighted by Gasteiger charge is 1.97. The SMILES string of the molecule is CC(C)CCC(=O)O.CCCC(=O)O. The summed E-state index contributed by atoms with van der Waals surface area (Å²) in [4.78, 5) is 19.5. The Morgan fingerprint density at radius 3 is 1.57 bits per heavy atom. The molecule has 0 aliphatic rings. The summed E-state index contributed by atoms with van der Waals surface area (Å²) in [6, 6.07) is 0. The molecule has 14 heavy (non-hydrogen) atoms. The number of hydrogen-bond donors (Lipinski definition) is 2. The molecule has 0 aromatic rings. The zero-order valence-corrected chi connectivity index (χ0v) is 9.12. The van der Waals surface area contributed by atoms with Crippen LogP contribution in [0.1, 0.15) is 46.5 Å². The lowest BCUT2D eigenvalue weighted by molar-refractivity contribution is -0.138. The number of aliphatic carboxylic acids is 2. The molecule has 0 rings (SSSR count). The fourth-order valence-corrected chi connectivity index (χ4v) is 0.626. The maximum absolute atomic E-state index is 9.90. The van der Waals surface area contributed by atoms with Crippen LogP contribution in [0, 0.1) is 5.92 Å². The number of rotatable bonds is 5. The van der Waals surface area contributed by atoms with Gasteiger partial charge >= 0.3 is 11.9 Å². The van der Waals surface area contributed by atoms with Crippen LogP contribution in [-0.4, -0.2) is 22.2 Å². The van der Waals surface area contributed by atoms with Crippen molar-refractivity contribution in [1.82, 2.24) is 0 Å².